The van der Waals surface area contributed by atoms with Gasteiger partial charge in [-0.1, -0.05) is 6.07 Å². The van der Waals surface area contributed by atoms with Gasteiger partial charge in [-0.15, -0.1) is 11.8 Å². The van der Waals surface area contributed by atoms with Gasteiger partial charge in [0.25, 0.3) is 0 Å². The van der Waals surface area contributed by atoms with Crippen LogP contribution in [-0.2, 0) is 9.59 Å². The second kappa shape index (κ2) is 7.92. The highest BCUT2D eigenvalue weighted by atomic mass is 32.2. The van der Waals surface area contributed by atoms with Crippen LogP contribution in [-0.4, -0.2) is 17.1 Å². The van der Waals surface area contributed by atoms with Gasteiger partial charge in [-0.05, 0) is 43.3 Å². The maximum Gasteiger partial charge on any atom is 0.237 e. The lowest BCUT2D eigenvalue weighted by atomic mass is 10.3. The third-order valence-corrected chi connectivity index (χ3v) is 4.18. The predicted molar refractivity (Wildman–Crippen MR) is 91.1 cm³/mol. The number of halogens is 2. The molecule has 2 aromatic carbocycles. The van der Waals surface area contributed by atoms with Crippen LogP contribution in [0.4, 0.5) is 20.2 Å². The van der Waals surface area contributed by atoms with Crippen molar-refractivity contribution in [2.45, 2.75) is 24.0 Å². The molecule has 0 fully saturated rings. The van der Waals surface area contributed by atoms with Crippen molar-refractivity contribution in [1.29, 1.82) is 0 Å². The lowest BCUT2D eigenvalue weighted by Gasteiger charge is -2.13. The molecule has 24 heavy (non-hydrogen) atoms. The van der Waals surface area contributed by atoms with E-state index >= 15 is 0 Å². The topological polar surface area (TPSA) is 58.2 Å². The fraction of sp³-hybridized carbons (Fsp3) is 0.176. The summed E-state index contributed by atoms with van der Waals surface area (Å²) in [7, 11) is 0. The van der Waals surface area contributed by atoms with Crippen molar-refractivity contribution < 1.29 is 18.4 Å². The molecule has 2 N–H and O–H groups in total. The van der Waals surface area contributed by atoms with E-state index in [4.69, 9.17) is 0 Å². The van der Waals surface area contributed by atoms with E-state index in [2.05, 4.69) is 10.6 Å². The van der Waals surface area contributed by atoms with Crippen molar-refractivity contribution in [2.24, 2.45) is 0 Å². The number of benzene rings is 2. The van der Waals surface area contributed by atoms with Crippen molar-refractivity contribution in [3.05, 3.63) is 54.1 Å². The molecule has 2 rings (SSSR count). The quantitative estimate of drug-likeness (QED) is 0.800. The minimum absolute atomic E-state index is 0.171. The SMILES string of the molecule is CC(=O)Nc1ccc(S[C@H](C)C(=O)Nc2c(F)cccc2F)cc1. The average Bonchev–Trinajstić information content (AvgIpc) is 2.52. The summed E-state index contributed by atoms with van der Waals surface area (Å²) in [6.07, 6.45) is 0. The summed E-state index contributed by atoms with van der Waals surface area (Å²) in [4.78, 5) is 23.9. The number of anilines is 2. The second-order valence-electron chi connectivity index (χ2n) is 5.05. The molecule has 126 valence electrons. The van der Waals surface area contributed by atoms with E-state index in [-0.39, 0.29) is 5.91 Å². The van der Waals surface area contributed by atoms with E-state index in [9.17, 15) is 18.4 Å². The van der Waals surface area contributed by atoms with Gasteiger partial charge in [0, 0.05) is 17.5 Å². The van der Waals surface area contributed by atoms with E-state index < -0.39 is 28.5 Å². The number of hydrogen-bond donors (Lipinski definition) is 2. The summed E-state index contributed by atoms with van der Waals surface area (Å²) in [5, 5.41) is 4.35. The van der Waals surface area contributed by atoms with Crippen LogP contribution < -0.4 is 10.6 Å². The number of nitrogens with one attached hydrogen (secondary N) is 2. The Morgan fingerprint density at radius 2 is 1.58 bits per heavy atom. The zero-order chi connectivity index (χ0) is 17.7. The fourth-order valence-electron chi connectivity index (χ4n) is 1.92. The number of thioether (sulfide) groups is 1. The highest BCUT2D eigenvalue weighted by Crippen LogP contribution is 2.26. The highest BCUT2D eigenvalue weighted by Gasteiger charge is 2.18. The second-order valence-corrected chi connectivity index (χ2v) is 6.47. The Bertz CT molecular complexity index is 731. The van der Waals surface area contributed by atoms with Crippen molar-refractivity contribution in [1.82, 2.24) is 0 Å². The molecule has 0 saturated heterocycles. The minimum atomic E-state index is -0.819. The van der Waals surface area contributed by atoms with E-state index in [0.717, 1.165) is 17.0 Å². The van der Waals surface area contributed by atoms with E-state index in [1.165, 1.54) is 24.8 Å². The summed E-state index contributed by atoms with van der Waals surface area (Å²) in [5.41, 5.74) is 0.202. The Morgan fingerprint density at radius 1 is 1.00 bits per heavy atom. The first kappa shape index (κ1) is 17.9. The Morgan fingerprint density at radius 3 is 2.12 bits per heavy atom. The van der Waals surface area contributed by atoms with Crippen LogP contribution in [0.15, 0.2) is 47.4 Å². The molecular formula is C17H16F2N2O2S. The molecule has 2 amide bonds. The van der Waals surface area contributed by atoms with Gasteiger partial charge >= 0.3 is 0 Å². The standard InChI is InChI=1S/C17H16F2N2O2S/c1-10(17(23)21-16-14(18)4-3-5-15(16)19)24-13-8-6-12(7-9-13)20-11(2)22/h3-10H,1-2H3,(H,20,22)(H,21,23)/t10-/m1/s1. The average molecular weight is 350 g/mol. The Hall–Kier alpha value is -2.41. The van der Waals surface area contributed by atoms with Crippen LogP contribution in [0.3, 0.4) is 0 Å². The van der Waals surface area contributed by atoms with Gasteiger partial charge in [0.05, 0.1) is 5.25 Å². The molecule has 0 saturated carbocycles. The zero-order valence-electron chi connectivity index (χ0n) is 13.1. The van der Waals surface area contributed by atoms with E-state index in [1.54, 1.807) is 31.2 Å². The number of carbonyl (C=O) groups excluding carboxylic acids is 2. The molecule has 0 spiro atoms. The van der Waals surface area contributed by atoms with Gasteiger partial charge < -0.3 is 10.6 Å². The smallest absolute Gasteiger partial charge is 0.237 e. The number of amides is 2. The summed E-state index contributed by atoms with van der Waals surface area (Å²) in [6, 6.07) is 10.3. The van der Waals surface area contributed by atoms with Gasteiger partial charge in [0.2, 0.25) is 11.8 Å². The zero-order valence-corrected chi connectivity index (χ0v) is 13.9. The van der Waals surface area contributed by atoms with Crippen LogP contribution in [0.2, 0.25) is 0 Å². The van der Waals surface area contributed by atoms with Gasteiger partial charge in [0.15, 0.2) is 0 Å². The fourth-order valence-corrected chi connectivity index (χ4v) is 2.79. The summed E-state index contributed by atoms with van der Waals surface area (Å²) in [5.74, 6) is -2.31. The molecule has 1 atom stereocenters. The van der Waals surface area contributed by atoms with Crippen LogP contribution in [0.25, 0.3) is 0 Å². The van der Waals surface area contributed by atoms with E-state index in [0.29, 0.717) is 5.69 Å². The lowest BCUT2D eigenvalue weighted by Crippen LogP contribution is -2.23. The highest BCUT2D eigenvalue weighted by molar-refractivity contribution is 8.00. The first-order chi connectivity index (χ1) is 11.4. The molecule has 7 heteroatoms. The monoisotopic (exact) mass is 350 g/mol. The molecule has 0 unspecified atom stereocenters. The summed E-state index contributed by atoms with van der Waals surface area (Å²) >= 11 is 1.24. The maximum atomic E-state index is 13.6. The first-order valence-electron chi connectivity index (χ1n) is 7.16. The van der Waals surface area contributed by atoms with Crippen LogP contribution in [0, 0.1) is 11.6 Å². The van der Waals surface area contributed by atoms with Crippen LogP contribution >= 0.6 is 11.8 Å². The largest absolute Gasteiger partial charge is 0.326 e. The summed E-state index contributed by atoms with van der Waals surface area (Å²) in [6.45, 7) is 3.05. The van der Waals surface area contributed by atoms with Crippen molar-refractivity contribution >= 4 is 35.0 Å². The van der Waals surface area contributed by atoms with Gasteiger partial charge in [0.1, 0.15) is 17.3 Å². The number of carbonyl (C=O) groups is 2. The number of para-hydroxylation sites is 1. The Kier molecular flexibility index (Phi) is 5.92. The molecular weight excluding hydrogens is 334 g/mol. The normalized spacial score (nSPS) is 11.7. The molecule has 0 aliphatic heterocycles. The first-order valence-corrected chi connectivity index (χ1v) is 8.04. The maximum absolute atomic E-state index is 13.6. The van der Waals surface area contributed by atoms with Crippen molar-refractivity contribution in [3.63, 3.8) is 0 Å². The summed E-state index contributed by atoms with van der Waals surface area (Å²) < 4.78 is 27.1. The number of hydrogen-bond acceptors (Lipinski definition) is 3. The molecule has 4 nitrogen and oxygen atoms in total. The van der Waals surface area contributed by atoms with Crippen LogP contribution in [0.1, 0.15) is 13.8 Å². The van der Waals surface area contributed by atoms with Gasteiger partial charge in [-0.2, -0.15) is 0 Å². The van der Waals surface area contributed by atoms with Crippen molar-refractivity contribution in [3.8, 4) is 0 Å². The molecule has 0 aromatic heterocycles. The molecule has 0 aliphatic rings. The predicted octanol–water partition coefficient (Wildman–Crippen LogP) is 4.04. The molecule has 0 aliphatic carbocycles. The molecule has 0 radical (unpaired) electrons. The lowest BCUT2D eigenvalue weighted by molar-refractivity contribution is -0.115. The van der Waals surface area contributed by atoms with Crippen molar-refractivity contribution in [2.75, 3.05) is 10.6 Å². The van der Waals surface area contributed by atoms with Gasteiger partial charge in [-0.3, -0.25) is 9.59 Å². The van der Waals surface area contributed by atoms with E-state index in [1.807, 2.05) is 0 Å². The third-order valence-electron chi connectivity index (χ3n) is 3.07. The third kappa shape index (κ3) is 4.79. The van der Waals surface area contributed by atoms with Crippen LogP contribution in [0.5, 0.6) is 0 Å². The Balaban J connectivity index is 2.00. The molecule has 2 aromatic rings. The number of rotatable bonds is 5. The van der Waals surface area contributed by atoms with Gasteiger partial charge in [-0.25, -0.2) is 8.78 Å². The molecule has 0 heterocycles. The molecule has 0 bridgehead atoms. The Labute approximate surface area is 142 Å². The minimum Gasteiger partial charge on any atom is -0.326 e.